The van der Waals surface area contributed by atoms with Crippen molar-refractivity contribution in [1.82, 2.24) is 4.90 Å². The number of imide groups is 1. The van der Waals surface area contributed by atoms with Gasteiger partial charge in [-0.3, -0.25) is 4.79 Å². The van der Waals surface area contributed by atoms with Crippen molar-refractivity contribution in [2.75, 3.05) is 49.3 Å². The van der Waals surface area contributed by atoms with Crippen molar-refractivity contribution in [3.05, 3.63) is 69.7 Å². The van der Waals surface area contributed by atoms with Gasteiger partial charge < -0.3 is 33.2 Å². The van der Waals surface area contributed by atoms with Gasteiger partial charge in [-0.25, -0.2) is 9.69 Å². The van der Waals surface area contributed by atoms with E-state index in [2.05, 4.69) is 15.9 Å². The Morgan fingerprint density at radius 1 is 0.854 bits per heavy atom. The summed E-state index contributed by atoms with van der Waals surface area (Å²) in [6, 6.07) is 14.0. The average Bonchev–Trinajstić information content (AvgIpc) is 3.40. The normalized spacial score (nSPS) is 15.1. The highest BCUT2D eigenvalue weighted by atomic mass is 79.9. The second-order valence-corrected chi connectivity index (χ2v) is 9.88. The minimum Gasteiger partial charge on any atom is -0.493 e. The minimum absolute atomic E-state index is 0.0623. The molecule has 0 saturated carbocycles. The van der Waals surface area contributed by atoms with Gasteiger partial charge in [0.05, 0.1) is 42.7 Å². The molecule has 2 atom stereocenters. The number of hydrogen-bond acceptors (Lipinski definition) is 9. The Balaban J connectivity index is 1.90. The van der Waals surface area contributed by atoms with Crippen LogP contribution in [0, 0.1) is 0 Å². The van der Waals surface area contributed by atoms with Crippen LogP contribution in [0.4, 0.5) is 4.79 Å². The molecule has 0 N–H and O–H groups in total. The largest absolute Gasteiger partial charge is 0.493 e. The molecule has 11 heteroatoms. The molecular weight excluding hydrogens is 598 g/mol. The monoisotopic (exact) mass is 629 g/mol. The van der Waals surface area contributed by atoms with E-state index in [-0.39, 0.29) is 13.0 Å². The molecule has 0 aliphatic carbocycles. The number of carbonyl (C=O) groups excluding carboxylic acids is 2. The Hall–Kier alpha value is -4.12. The molecule has 3 aromatic rings. The lowest BCUT2D eigenvalue weighted by Crippen LogP contribution is -2.35. The van der Waals surface area contributed by atoms with Gasteiger partial charge in [0.25, 0.3) is 0 Å². The summed E-state index contributed by atoms with van der Waals surface area (Å²) in [6.45, 7) is 0.0623. The third kappa shape index (κ3) is 5.72. The predicted octanol–water partition coefficient (Wildman–Crippen LogP) is 5.74. The quantitative estimate of drug-likeness (QED) is 0.262. The Labute approximate surface area is 247 Å². The Kier molecular flexibility index (Phi) is 9.49. The molecule has 10 nitrogen and oxygen atoms in total. The summed E-state index contributed by atoms with van der Waals surface area (Å²) in [5.41, 5.74) is 2.03. The zero-order chi connectivity index (χ0) is 29.7. The molecule has 1 saturated heterocycles. The second kappa shape index (κ2) is 13.0. The van der Waals surface area contributed by atoms with Crippen LogP contribution >= 0.6 is 15.9 Å². The lowest BCUT2D eigenvalue weighted by molar-refractivity contribution is -0.129. The van der Waals surface area contributed by atoms with Crippen molar-refractivity contribution < 1.29 is 42.7 Å². The van der Waals surface area contributed by atoms with Crippen molar-refractivity contribution in [1.29, 1.82) is 0 Å². The molecule has 2 amide bonds. The molecule has 0 radical (unpaired) electrons. The van der Waals surface area contributed by atoms with Crippen LogP contribution < -0.4 is 28.4 Å². The number of methoxy groups -OCH3 is 6. The Morgan fingerprint density at radius 2 is 1.41 bits per heavy atom. The van der Waals surface area contributed by atoms with Gasteiger partial charge in [0.1, 0.15) is 12.6 Å². The molecule has 1 heterocycles. The van der Waals surface area contributed by atoms with E-state index in [4.69, 9.17) is 33.2 Å². The molecule has 1 aliphatic heterocycles. The van der Waals surface area contributed by atoms with Gasteiger partial charge in [-0.15, -0.1) is 0 Å². The fourth-order valence-corrected chi connectivity index (χ4v) is 5.72. The van der Waals surface area contributed by atoms with Crippen LogP contribution in [0.25, 0.3) is 0 Å². The number of carbonyl (C=O) groups is 2. The maximum atomic E-state index is 14.0. The average molecular weight is 630 g/mol. The van der Waals surface area contributed by atoms with Gasteiger partial charge in [0.15, 0.2) is 23.0 Å². The van der Waals surface area contributed by atoms with Gasteiger partial charge in [-0.05, 0) is 29.3 Å². The topological polar surface area (TPSA) is 102 Å². The lowest BCUT2D eigenvalue weighted by atomic mass is 9.86. The lowest BCUT2D eigenvalue weighted by Gasteiger charge is -2.27. The Morgan fingerprint density at radius 3 is 1.95 bits per heavy atom. The third-order valence-electron chi connectivity index (χ3n) is 6.96. The van der Waals surface area contributed by atoms with E-state index in [1.165, 1.54) is 47.6 Å². The van der Waals surface area contributed by atoms with Crippen LogP contribution in [0.1, 0.15) is 35.1 Å². The second-order valence-electron chi connectivity index (χ2n) is 9.02. The van der Waals surface area contributed by atoms with Crippen molar-refractivity contribution in [3.63, 3.8) is 0 Å². The SMILES string of the molecule is COc1cc([C@@H](CC(=O)N2C(=O)OC[C@@H]2c2ccccc2)c2c(Br)cc(OC)c(OC)c2OC)cc(OC)c1OC. The first-order valence-electron chi connectivity index (χ1n) is 12.6. The van der Waals surface area contributed by atoms with Gasteiger partial charge in [0.2, 0.25) is 17.4 Å². The van der Waals surface area contributed by atoms with E-state index >= 15 is 0 Å². The fourth-order valence-electron chi connectivity index (χ4n) is 5.05. The smallest absolute Gasteiger partial charge is 0.417 e. The molecule has 4 rings (SSSR count). The zero-order valence-corrected chi connectivity index (χ0v) is 25.3. The fraction of sp³-hybridized carbons (Fsp3) is 0.333. The summed E-state index contributed by atoms with van der Waals surface area (Å²) in [4.78, 5) is 28.1. The first kappa shape index (κ1) is 29.9. The molecule has 1 aliphatic rings. The zero-order valence-electron chi connectivity index (χ0n) is 23.7. The highest BCUT2D eigenvalue weighted by Gasteiger charge is 2.41. The van der Waals surface area contributed by atoms with E-state index in [1.54, 1.807) is 18.2 Å². The van der Waals surface area contributed by atoms with E-state index < -0.39 is 24.0 Å². The summed E-state index contributed by atoms with van der Waals surface area (Å²) < 4.78 is 39.7. The maximum absolute atomic E-state index is 14.0. The molecule has 0 spiro atoms. The number of halogens is 1. The van der Waals surface area contributed by atoms with Crippen LogP contribution in [0.5, 0.6) is 34.5 Å². The molecule has 0 aromatic heterocycles. The number of hydrogen-bond donors (Lipinski definition) is 0. The summed E-state index contributed by atoms with van der Waals surface area (Å²) in [6.07, 6.45) is -0.840. The van der Waals surface area contributed by atoms with Crippen LogP contribution in [0.15, 0.2) is 53.0 Å². The predicted molar refractivity (Wildman–Crippen MR) is 154 cm³/mol. The number of cyclic esters (lactones) is 1. The molecule has 0 bridgehead atoms. The molecule has 41 heavy (non-hydrogen) atoms. The number of ether oxygens (including phenoxy) is 7. The van der Waals surface area contributed by atoms with E-state index in [0.717, 1.165) is 5.56 Å². The van der Waals surface area contributed by atoms with Crippen LogP contribution in [-0.2, 0) is 9.53 Å². The highest BCUT2D eigenvalue weighted by Crippen LogP contribution is 2.51. The minimum atomic E-state index is -0.703. The maximum Gasteiger partial charge on any atom is 0.417 e. The van der Waals surface area contributed by atoms with Gasteiger partial charge in [-0.2, -0.15) is 0 Å². The van der Waals surface area contributed by atoms with Gasteiger partial charge >= 0.3 is 6.09 Å². The number of rotatable bonds is 11. The molecule has 218 valence electrons. The number of nitrogens with zero attached hydrogens (tertiary/aromatic N) is 1. The molecular formula is C30H32BrNO9. The van der Waals surface area contributed by atoms with Crippen molar-refractivity contribution in [2.24, 2.45) is 0 Å². The summed E-state index contributed by atoms with van der Waals surface area (Å²) in [5.74, 6) is 1.22. The van der Waals surface area contributed by atoms with Crippen LogP contribution in [0.3, 0.4) is 0 Å². The van der Waals surface area contributed by atoms with Crippen molar-refractivity contribution in [2.45, 2.75) is 18.4 Å². The molecule has 0 unspecified atom stereocenters. The van der Waals surface area contributed by atoms with Crippen LogP contribution in [0.2, 0.25) is 0 Å². The highest BCUT2D eigenvalue weighted by molar-refractivity contribution is 9.10. The third-order valence-corrected chi connectivity index (χ3v) is 7.62. The van der Waals surface area contributed by atoms with E-state index in [1.807, 2.05) is 30.3 Å². The summed E-state index contributed by atoms with van der Waals surface area (Å²) >= 11 is 3.65. The summed E-state index contributed by atoms with van der Waals surface area (Å²) in [5, 5.41) is 0. The first-order chi connectivity index (χ1) is 19.8. The van der Waals surface area contributed by atoms with Crippen molar-refractivity contribution >= 4 is 27.9 Å². The number of benzene rings is 3. The van der Waals surface area contributed by atoms with E-state index in [0.29, 0.717) is 50.1 Å². The number of amides is 2. The van der Waals surface area contributed by atoms with E-state index in [9.17, 15) is 9.59 Å². The van der Waals surface area contributed by atoms with Crippen molar-refractivity contribution in [3.8, 4) is 34.5 Å². The summed E-state index contributed by atoms with van der Waals surface area (Å²) in [7, 11) is 9.06. The Bertz CT molecular complexity index is 1390. The molecule has 1 fully saturated rings. The van der Waals surface area contributed by atoms with Gasteiger partial charge in [-0.1, -0.05) is 46.3 Å². The molecule has 3 aromatic carbocycles. The van der Waals surface area contributed by atoms with Gasteiger partial charge in [0, 0.05) is 22.4 Å². The first-order valence-corrected chi connectivity index (χ1v) is 13.4. The van der Waals surface area contributed by atoms with Crippen LogP contribution in [-0.4, -0.2) is 66.2 Å². The standard InChI is InChI=1S/C30H32BrNO9/c1-35-22-12-18(13-23(36-2)27(22)38-4)19(26-20(31)15-24(37-3)28(39-5)29(26)40-6)14-25(33)32-21(16-41-30(32)34)17-10-8-7-9-11-17/h7-13,15,19,21H,14,16H2,1-6H3/t19-,21-/m1/s1.